The van der Waals surface area contributed by atoms with Crippen LogP contribution in [0.2, 0.25) is 0 Å². The summed E-state index contributed by atoms with van der Waals surface area (Å²) >= 11 is 0. The molecule has 22 heavy (non-hydrogen) atoms. The minimum atomic E-state index is 0.932. The van der Waals surface area contributed by atoms with E-state index in [0.29, 0.717) is 0 Å². The third-order valence-electron chi connectivity index (χ3n) is 4.04. The quantitative estimate of drug-likeness (QED) is 0.759. The molecule has 0 amide bonds. The monoisotopic (exact) mass is 294 g/mol. The van der Waals surface area contributed by atoms with Crippen molar-refractivity contribution in [3.05, 3.63) is 47.4 Å². The highest BCUT2D eigenvalue weighted by Gasteiger charge is 2.11. The lowest BCUT2D eigenvalue weighted by molar-refractivity contribution is 0.777. The molecule has 3 aromatic heterocycles. The van der Waals surface area contributed by atoms with Crippen LogP contribution in [0, 0.1) is 6.92 Å². The van der Waals surface area contributed by atoms with Gasteiger partial charge in [-0.1, -0.05) is 6.92 Å². The lowest BCUT2D eigenvalue weighted by Crippen LogP contribution is -2.11. The molecule has 4 heteroatoms. The van der Waals surface area contributed by atoms with Gasteiger partial charge in [0, 0.05) is 41.8 Å². The fourth-order valence-corrected chi connectivity index (χ4v) is 2.74. The zero-order valence-electron chi connectivity index (χ0n) is 13.4. The lowest BCUT2D eigenvalue weighted by Gasteiger charge is -2.05. The number of likely N-dealkylation sites (N-methyl/N-ethyl adjacent to an activating group) is 1. The van der Waals surface area contributed by atoms with Crippen LogP contribution >= 0.6 is 0 Å². The van der Waals surface area contributed by atoms with Crippen LogP contribution in [0.5, 0.6) is 0 Å². The molecule has 0 bridgehead atoms. The Morgan fingerprint density at radius 3 is 2.86 bits per heavy atom. The van der Waals surface area contributed by atoms with E-state index in [9.17, 15) is 0 Å². The summed E-state index contributed by atoms with van der Waals surface area (Å²) in [6, 6.07) is 8.36. The molecule has 114 valence electrons. The number of pyridine rings is 2. The Hall–Kier alpha value is -2.20. The summed E-state index contributed by atoms with van der Waals surface area (Å²) in [4.78, 5) is 12.8. The van der Waals surface area contributed by atoms with Gasteiger partial charge in [0.1, 0.15) is 0 Å². The van der Waals surface area contributed by atoms with E-state index in [4.69, 9.17) is 4.98 Å². The molecule has 0 saturated carbocycles. The van der Waals surface area contributed by atoms with Gasteiger partial charge in [-0.2, -0.15) is 0 Å². The number of H-pyrrole nitrogens is 1. The van der Waals surface area contributed by atoms with E-state index in [1.54, 1.807) is 0 Å². The maximum atomic E-state index is 4.78. The summed E-state index contributed by atoms with van der Waals surface area (Å²) in [5, 5.41) is 3.19. The van der Waals surface area contributed by atoms with Crippen LogP contribution in [0.15, 0.2) is 30.5 Å². The molecule has 3 heterocycles. The van der Waals surface area contributed by atoms with Gasteiger partial charge in [-0.3, -0.25) is 9.97 Å². The first-order valence-corrected chi connectivity index (χ1v) is 7.81. The summed E-state index contributed by atoms with van der Waals surface area (Å²) in [6.45, 7) is 5.24. The Labute approximate surface area is 131 Å². The van der Waals surface area contributed by atoms with Crippen LogP contribution < -0.4 is 5.32 Å². The summed E-state index contributed by atoms with van der Waals surface area (Å²) < 4.78 is 0. The van der Waals surface area contributed by atoms with Gasteiger partial charge in [0.15, 0.2) is 0 Å². The van der Waals surface area contributed by atoms with Crippen LogP contribution in [-0.4, -0.2) is 28.5 Å². The van der Waals surface area contributed by atoms with Crippen LogP contribution in [-0.2, 0) is 12.8 Å². The predicted octanol–water partition coefficient (Wildman–Crippen LogP) is 3.26. The first-order chi connectivity index (χ1) is 10.7. The number of aromatic amines is 1. The Morgan fingerprint density at radius 2 is 2.09 bits per heavy atom. The maximum absolute atomic E-state index is 4.78. The van der Waals surface area contributed by atoms with Crippen molar-refractivity contribution < 1.29 is 0 Å². The highest BCUT2D eigenvalue weighted by atomic mass is 14.8. The van der Waals surface area contributed by atoms with Gasteiger partial charge in [-0.15, -0.1) is 0 Å². The van der Waals surface area contributed by atoms with Gasteiger partial charge < -0.3 is 10.3 Å². The Balaban J connectivity index is 2.09. The van der Waals surface area contributed by atoms with Gasteiger partial charge in [-0.25, -0.2) is 0 Å². The van der Waals surface area contributed by atoms with E-state index >= 15 is 0 Å². The largest absolute Gasteiger partial charge is 0.358 e. The number of rotatable bonds is 5. The van der Waals surface area contributed by atoms with Crippen molar-refractivity contribution in [1.29, 1.82) is 0 Å². The highest BCUT2D eigenvalue weighted by molar-refractivity contribution is 5.90. The molecular weight excluding hydrogens is 272 g/mol. The van der Waals surface area contributed by atoms with Gasteiger partial charge >= 0.3 is 0 Å². The molecule has 0 radical (unpaired) electrons. The normalized spacial score (nSPS) is 11.2. The molecule has 0 aliphatic carbocycles. The molecule has 3 rings (SSSR count). The molecule has 0 aromatic carbocycles. The van der Waals surface area contributed by atoms with E-state index in [1.165, 1.54) is 11.3 Å². The third kappa shape index (κ3) is 2.74. The zero-order valence-corrected chi connectivity index (χ0v) is 13.4. The van der Waals surface area contributed by atoms with E-state index in [-0.39, 0.29) is 0 Å². The van der Waals surface area contributed by atoms with Gasteiger partial charge in [0.25, 0.3) is 0 Å². The Morgan fingerprint density at radius 1 is 1.23 bits per heavy atom. The number of nitrogens with zero attached hydrogens (tertiary/aromatic N) is 2. The second kappa shape index (κ2) is 6.28. The van der Waals surface area contributed by atoms with Crippen molar-refractivity contribution in [2.45, 2.75) is 26.7 Å². The Kier molecular flexibility index (Phi) is 4.20. The van der Waals surface area contributed by atoms with E-state index < -0.39 is 0 Å². The predicted molar refractivity (Wildman–Crippen MR) is 91.1 cm³/mol. The third-order valence-corrected chi connectivity index (χ3v) is 4.04. The molecule has 0 fully saturated rings. The van der Waals surface area contributed by atoms with Crippen molar-refractivity contribution in [3.8, 4) is 11.3 Å². The molecule has 0 aliphatic heterocycles. The molecule has 0 spiro atoms. The molecule has 0 aliphatic rings. The van der Waals surface area contributed by atoms with E-state index in [0.717, 1.165) is 47.4 Å². The van der Waals surface area contributed by atoms with Crippen molar-refractivity contribution in [2.75, 3.05) is 13.6 Å². The summed E-state index contributed by atoms with van der Waals surface area (Å²) in [6.07, 6.45) is 3.79. The summed E-state index contributed by atoms with van der Waals surface area (Å²) in [7, 11) is 1.98. The molecule has 0 saturated heterocycles. The standard InChI is InChI=1S/C18H22N4/c1-4-13-5-6-16-18(21-13)14(7-10-20-16)17-11-12(2)15(22-17)8-9-19-3/h5-7,10-11,19,22H,4,8-9H2,1-3H3. The van der Waals surface area contributed by atoms with Gasteiger partial charge in [0.2, 0.25) is 0 Å². The molecule has 3 aromatic rings. The second-order valence-corrected chi connectivity index (χ2v) is 5.58. The zero-order chi connectivity index (χ0) is 15.5. The lowest BCUT2D eigenvalue weighted by atomic mass is 10.1. The minimum absolute atomic E-state index is 0.932. The fourth-order valence-electron chi connectivity index (χ4n) is 2.74. The number of aromatic nitrogens is 3. The van der Waals surface area contributed by atoms with Crippen molar-refractivity contribution in [1.82, 2.24) is 20.3 Å². The molecule has 4 nitrogen and oxygen atoms in total. The van der Waals surface area contributed by atoms with Gasteiger partial charge in [0.05, 0.1) is 11.0 Å². The second-order valence-electron chi connectivity index (χ2n) is 5.58. The topological polar surface area (TPSA) is 53.6 Å². The molecular formula is C18H22N4. The number of aryl methyl sites for hydroxylation is 2. The number of fused-ring (bicyclic) bond motifs is 1. The average Bonchev–Trinajstić information content (AvgIpc) is 2.92. The molecule has 0 unspecified atom stereocenters. The van der Waals surface area contributed by atoms with E-state index in [1.807, 2.05) is 19.3 Å². The first kappa shape index (κ1) is 14.7. The first-order valence-electron chi connectivity index (χ1n) is 7.81. The number of hydrogen-bond acceptors (Lipinski definition) is 3. The Bertz CT molecular complexity index is 789. The SMILES string of the molecule is CCc1ccc2nccc(-c3cc(C)c(CCNC)[nH]3)c2n1. The van der Waals surface area contributed by atoms with Crippen molar-refractivity contribution in [2.24, 2.45) is 0 Å². The highest BCUT2D eigenvalue weighted by Crippen LogP contribution is 2.27. The maximum Gasteiger partial charge on any atom is 0.0983 e. The van der Waals surface area contributed by atoms with Crippen molar-refractivity contribution in [3.63, 3.8) is 0 Å². The summed E-state index contributed by atoms with van der Waals surface area (Å²) in [5.74, 6) is 0. The van der Waals surface area contributed by atoms with Crippen LogP contribution in [0.25, 0.3) is 22.3 Å². The molecule has 2 N–H and O–H groups in total. The smallest absolute Gasteiger partial charge is 0.0983 e. The van der Waals surface area contributed by atoms with Crippen LogP contribution in [0.1, 0.15) is 23.9 Å². The van der Waals surface area contributed by atoms with Crippen LogP contribution in [0.3, 0.4) is 0 Å². The van der Waals surface area contributed by atoms with Crippen molar-refractivity contribution >= 4 is 11.0 Å². The number of hydrogen-bond donors (Lipinski definition) is 2. The average molecular weight is 294 g/mol. The summed E-state index contributed by atoms with van der Waals surface area (Å²) in [5.41, 5.74) is 7.83. The van der Waals surface area contributed by atoms with E-state index in [2.05, 4.69) is 47.3 Å². The van der Waals surface area contributed by atoms with Gasteiger partial charge in [-0.05, 0) is 50.2 Å². The molecule has 0 atom stereocenters. The minimum Gasteiger partial charge on any atom is -0.358 e. The fraction of sp³-hybridized carbons (Fsp3) is 0.333. The van der Waals surface area contributed by atoms with Crippen LogP contribution in [0.4, 0.5) is 0 Å². The number of nitrogens with one attached hydrogen (secondary N) is 2.